The Morgan fingerprint density at radius 1 is 0.703 bits per heavy atom. The summed E-state index contributed by atoms with van der Waals surface area (Å²) in [6.45, 7) is 21.3. The summed E-state index contributed by atoms with van der Waals surface area (Å²) in [6.07, 6.45) is 10.6. The summed E-state index contributed by atoms with van der Waals surface area (Å²) in [7, 11) is 0. The molecule has 2 aliphatic carbocycles. The number of halogens is 2. The van der Waals surface area contributed by atoms with E-state index in [1.165, 1.54) is 25.7 Å². The Bertz CT molecular complexity index is 986. The van der Waals surface area contributed by atoms with Gasteiger partial charge in [-0.05, 0) is 0 Å². The van der Waals surface area contributed by atoms with Gasteiger partial charge in [0.1, 0.15) is 0 Å². The van der Waals surface area contributed by atoms with Crippen LogP contribution >= 0.6 is 0 Å². The molecule has 0 saturated carbocycles. The average molecular weight is 636 g/mol. The minimum Gasteiger partial charge on any atom is -1.00 e. The van der Waals surface area contributed by atoms with E-state index < -0.39 is 20.9 Å². The summed E-state index contributed by atoms with van der Waals surface area (Å²) in [5.74, 6) is 1.20. The van der Waals surface area contributed by atoms with Gasteiger partial charge in [-0.15, -0.1) is 0 Å². The Morgan fingerprint density at radius 2 is 1.08 bits per heavy atom. The quantitative estimate of drug-likeness (QED) is 0.305. The summed E-state index contributed by atoms with van der Waals surface area (Å²) in [4.78, 5) is 0. The summed E-state index contributed by atoms with van der Waals surface area (Å²) in [5.41, 5.74) is 12.9. The second-order valence-electron chi connectivity index (χ2n) is 11.3. The van der Waals surface area contributed by atoms with E-state index in [1.54, 1.807) is 44.5 Å². The molecule has 0 amide bonds. The molecule has 0 radical (unpaired) electrons. The molecule has 37 heavy (non-hydrogen) atoms. The van der Waals surface area contributed by atoms with Gasteiger partial charge in [0.15, 0.2) is 0 Å². The SMILES string of the molecule is CCCCCC.C[SiH2][Zr+2]([CH]1C(C)=Cc2c(C(C)C)cccc21)[CH]1C(C)=Cc2c(C(C)C)cccc21.[Cl-].[Cl-]. The van der Waals surface area contributed by atoms with E-state index in [-0.39, 0.29) is 31.5 Å². The second kappa shape index (κ2) is 16.0. The van der Waals surface area contributed by atoms with Crippen LogP contribution in [-0.4, -0.2) is 6.65 Å². The van der Waals surface area contributed by atoms with Gasteiger partial charge in [-0.2, -0.15) is 0 Å². The van der Waals surface area contributed by atoms with Crippen LogP contribution in [0.3, 0.4) is 0 Å². The van der Waals surface area contributed by atoms with Gasteiger partial charge in [0.25, 0.3) is 0 Å². The summed E-state index contributed by atoms with van der Waals surface area (Å²) >= 11 is -1.74. The second-order valence-corrected chi connectivity index (χ2v) is 27.7. The zero-order valence-electron chi connectivity index (χ0n) is 24.7. The predicted molar refractivity (Wildman–Crippen MR) is 158 cm³/mol. The van der Waals surface area contributed by atoms with Crippen molar-refractivity contribution in [3.63, 3.8) is 0 Å². The third kappa shape index (κ3) is 7.63. The molecule has 0 aromatic heterocycles. The molecule has 2 aromatic carbocycles. The van der Waals surface area contributed by atoms with Crippen LogP contribution < -0.4 is 24.8 Å². The molecule has 2 atom stereocenters. The van der Waals surface area contributed by atoms with E-state index in [4.69, 9.17) is 0 Å². The van der Waals surface area contributed by atoms with Crippen LogP contribution in [0.4, 0.5) is 0 Å². The third-order valence-corrected chi connectivity index (χ3v) is 27.1. The van der Waals surface area contributed by atoms with Crippen molar-refractivity contribution in [2.24, 2.45) is 0 Å². The molecule has 4 heteroatoms. The fraction of sp³-hybridized carbons (Fsp3) is 0.515. The van der Waals surface area contributed by atoms with Crippen molar-refractivity contribution in [2.45, 2.75) is 107 Å². The fourth-order valence-electron chi connectivity index (χ4n) is 6.22. The first-order chi connectivity index (χ1) is 16.8. The Balaban J connectivity index is 0.000000770. The molecule has 0 bridgehead atoms. The van der Waals surface area contributed by atoms with Crippen LogP contribution in [0.5, 0.6) is 0 Å². The number of hydrogen-bond donors (Lipinski definition) is 0. The number of fused-ring (bicyclic) bond motifs is 2. The number of hydrogen-bond acceptors (Lipinski definition) is 0. The third-order valence-electron chi connectivity index (χ3n) is 7.97. The van der Waals surface area contributed by atoms with Crippen molar-refractivity contribution in [1.29, 1.82) is 0 Å². The van der Waals surface area contributed by atoms with Crippen LogP contribution in [0.25, 0.3) is 12.2 Å². The van der Waals surface area contributed by atoms with Crippen molar-refractivity contribution in [3.8, 4) is 0 Å². The van der Waals surface area contributed by atoms with E-state index in [1.807, 2.05) is 0 Å². The zero-order chi connectivity index (χ0) is 25.7. The Morgan fingerprint density at radius 3 is 1.38 bits per heavy atom. The Kier molecular flexibility index (Phi) is 15.0. The van der Waals surface area contributed by atoms with Gasteiger partial charge in [-0.1, -0.05) is 39.5 Å². The van der Waals surface area contributed by atoms with Gasteiger partial charge in [0.2, 0.25) is 0 Å². The Hall–Kier alpha value is -0.400. The molecule has 0 nitrogen and oxygen atoms in total. The maximum absolute atomic E-state index is 2.61. The van der Waals surface area contributed by atoms with Crippen molar-refractivity contribution in [3.05, 3.63) is 80.9 Å². The number of benzene rings is 2. The molecule has 0 N–H and O–H groups in total. The van der Waals surface area contributed by atoms with Crippen LogP contribution in [0, 0.1) is 0 Å². The van der Waals surface area contributed by atoms with Gasteiger partial charge >= 0.3 is 188 Å². The maximum atomic E-state index is 2.61. The van der Waals surface area contributed by atoms with Crippen molar-refractivity contribution in [2.75, 3.05) is 0 Å². The smallest absolute Gasteiger partial charge is 1.00 e. The summed E-state index contributed by atoms with van der Waals surface area (Å²) in [5, 5.41) is 0. The van der Waals surface area contributed by atoms with Gasteiger partial charge in [-0.25, -0.2) is 0 Å². The minimum absolute atomic E-state index is 0. The normalized spacial score (nSPS) is 17.5. The van der Waals surface area contributed by atoms with Gasteiger partial charge in [0, 0.05) is 0 Å². The minimum atomic E-state index is -1.74. The molecule has 4 rings (SSSR count). The standard InChI is InChI=1S/2C13H15.C6H14.CH5Si.2ClH.Zr/c2*1-9(2)12-6-4-5-11-7-10(3)8-13(11)12;1-3-5-6-4-2;1-2;;;/h2*4-9H,1-3H3;3-6H2,1-2H3;2H2,1H3;2*1H;/q;;;;;;+2/p-2. The van der Waals surface area contributed by atoms with E-state index in [2.05, 4.69) is 110 Å². The van der Waals surface area contributed by atoms with Crippen molar-refractivity contribution < 1.29 is 45.7 Å². The maximum Gasteiger partial charge on any atom is -1.00 e. The number of rotatable bonds is 8. The largest absolute Gasteiger partial charge is 1.00 e. The molecule has 2 aliphatic rings. The molecule has 2 unspecified atom stereocenters. The molecule has 0 aliphatic heterocycles. The van der Waals surface area contributed by atoms with E-state index >= 15 is 0 Å². The van der Waals surface area contributed by atoms with Gasteiger partial charge in [0.05, 0.1) is 0 Å². The van der Waals surface area contributed by atoms with Crippen molar-refractivity contribution >= 4 is 18.8 Å². The van der Waals surface area contributed by atoms with Gasteiger partial charge in [-0.3, -0.25) is 0 Å². The van der Waals surface area contributed by atoms with Crippen molar-refractivity contribution in [1.82, 2.24) is 0 Å². The summed E-state index contributed by atoms with van der Waals surface area (Å²) in [6, 6.07) is 14.3. The van der Waals surface area contributed by atoms with E-state index in [9.17, 15) is 0 Å². The average Bonchev–Trinajstić information content (AvgIpc) is 3.34. The number of allylic oxidation sites excluding steroid dienone is 2. The van der Waals surface area contributed by atoms with Gasteiger partial charge < -0.3 is 24.8 Å². The Labute approximate surface area is 250 Å². The van der Waals surface area contributed by atoms with Crippen LogP contribution in [0.15, 0.2) is 47.5 Å². The molecular weight excluding hydrogens is 587 g/mol. The van der Waals surface area contributed by atoms with Crippen LogP contribution in [-0.2, 0) is 20.9 Å². The molecule has 203 valence electrons. The monoisotopic (exact) mass is 633 g/mol. The molecule has 0 heterocycles. The molecular formula is C33H49Cl2SiZr. The van der Waals surface area contributed by atoms with E-state index in [0.717, 1.165) is 7.25 Å². The molecule has 0 saturated heterocycles. The van der Waals surface area contributed by atoms with E-state index in [0.29, 0.717) is 11.8 Å². The topological polar surface area (TPSA) is 0 Å². The summed E-state index contributed by atoms with van der Waals surface area (Å²) < 4.78 is 1.56. The number of unbranched alkanes of at least 4 members (excludes halogenated alkanes) is 3. The zero-order valence-corrected chi connectivity index (χ0v) is 30.1. The molecule has 0 fully saturated rings. The molecule has 2 aromatic rings. The first-order valence-corrected chi connectivity index (χ1v) is 24.4. The van der Waals surface area contributed by atoms with Crippen LogP contribution in [0.2, 0.25) is 6.55 Å². The van der Waals surface area contributed by atoms with Crippen LogP contribution in [0.1, 0.15) is 134 Å². The molecule has 0 spiro atoms. The predicted octanol–water partition coefficient (Wildman–Crippen LogP) is 3.89. The fourth-order valence-corrected chi connectivity index (χ4v) is 26.8. The first-order valence-electron chi connectivity index (χ1n) is 14.2. The first kappa shape index (κ1) is 34.6.